The highest BCUT2D eigenvalue weighted by Gasteiger charge is 2.10. The smallest absolute Gasteiger partial charge is 0.191 e. The quantitative estimate of drug-likeness (QED) is 0.390. The Hall–Kier alpha value is -3.54. The van der Waals surface area contributed by atoms with E-state index in [1.807, 2.05) is 59.4 Å². The monoisotopic (exact) mass is 387 g/mol. The summed E-state index contributed by atoms with van der Waals surface area (Å²) >= 11 is 0. The number of hydrogen-bond donors (Lipinski definition) is 2. The average molecular weight is 387 g/mol. The second kappa shape index (κ2) is 8.65. The van der Waals surface area contributed by atoms with Gasteiger partial charge >= 0.3 is 0 Å². The van der Waals surface area contributed by atoms with Gasteiger partial charge < -0.3 is 15.1 Å². The van der Waals surface area contributed by atoms with E-state index in [9.17, 15) is 0 Å². The maximum absolute atomic E-state index is 5.96. The van der Waals surface area contributed by atoms with Crippen LogP contribution < -0.4 is 10.6 Å². The molecule has 0 atom stereocenters. The Kier molecular flexibility index (Phi) is 5.61. The number of rotatable bonds is 6. The average Bonchev–Trinajstić information content (AvgIpc) is 3.36. The molecule has 0 saturated heterocycles. The van der Waals surface area contributed by atoms with Gasteiger partial charge in [-0.15, -0.1) is 0 Å². The Morgan fingerprint density at radius 2 is 1.86 bits per heavy atom. The van der Waals surface area contributed by atoms with Crippen LogP contribution in [0.1, 0.15) is 16.9 Å². The first kappa shape index (κ1) is 18.8. The number of nitrogens with zero attached hydrogens (tertiary/aromatic N) is 3. The van der Waals surface area contributed by atoms with Gasteiger partial charge in [0, 0.05) is 30.7 Å². The minimum atomic E-state index is 0.589. The van der Waals surface area contributed by atoms with Crippen molar-refractivity contribution >= 4 is 16.9 Å². The van der Waals surface area contributed by atoms with Gasteiger partial charge in [0.2, 0.25) is 0 Å². The van der Waals surface area contributed by atoms with Crippen molar-refractivity contribution in [1.29, 1.82) is 0 Å². The van der Waals surface area contributed by atoms with Crippen LogP contribution in [0.3, 0.4) is 0 Å². The molecular formula is C23H25N5O. The first-order valence-corrected chi connectivity index (χ1v) is 9.75. The summed E-state index contributed by atoms with van der Waals surface area (Å²) in [6.07, 6.45) is 4.82. The van der Waals surface area contributed by atoms with Gasteiger partial charge in [-0.3, -0.25) is 4.99 Å². The third kappa shape index (κ3) is 4.32. The number of fused-ring (bicyclic) bond motifs is 1. The number of aliphatic imine (C=N–C) groups is 1. The molecule has 0 saturated carbocycles. The highest BCUT2D eigenvalue weighted by molar-refractivity contribution is 5.82. The number of nitrogens with one attached hydrogen (secondary N) is 2. The molecule has 0 aliphatic rings. The maximum atomic E-state index is 5.96. The largest absolute Gasteiger partial charge is 0.459 e. The Morgan fingerprint density at radius 3 is 2.66 bits per heavy atom. The lowest BCUT2D eigenvalue weighted by Crippen LogP contribution is -2.37. The zero-order valence-electron chi connectivity index (χ0n) is 16.7. The molecule has 29 heavy (non-hydrogen) atoms. The number of hydrogen-bond acceptors (Lipinski definition) is 3. The van der Waals surface area contributed by atoms with Gasteiger partial charge in [-0.25, -0.2) is 4.68 Å². The number of aromatic nitrogens is 2. The van der Waals surface area contributed by atoms with Crippen molar-refractivity contribution in [3.63, 3.8) is 0 Å². The van der Waals surface area contributed by atoms with Crippen molar-refractivity contribution in [1.82, 2.24) is 20.4 Å². The highest BCUT2D eigenvalue weighted by atomic mass is 16.3. The maximum Gasteiger partial charge on any atom is 0.191 e. The normalized spacial score (nSPS) is 11.7. The summed E-state index contributed by atoms with van der Waals surface area (Å²) in [7, 11) is 1.77. The van der Waals surface area contributed by atoms with E-state index in [2.05, 4.69) is 39.9 Å². The van der Waals surface area contributed by atoms with Crippen LogP contribution in [0.2, 0.25) is 0 Å². The van der Waals surface area contributed by atoms with Gasteiger partial charge in [0.15, 0.2) is 5.96 Å². The zero-order valence-corrected chi connectivity index (χ0v) is 16.7. The molecule has 2 N–H and O–H groups in total. The molecule has 0 radical (unpaired) electrons. The predicted octanol–water partition coefficient (Wildman–Crippen LogP) is 3.83. The number of furan rings is 1. The van der Waals surface area contributed by atoms with Gasteiger partial charge in [0.1, 0.15) is 11.3 Å². The summed E-state index contributed by atoms with van der Waals surface area (Å²) < 4.78 is 7.85. The van der Waals surface area contributed by atoms with E-state index in [1.54, 1.807) is 7.05 Å². The topological polar surface area (TPSA) is 67.4 Å². The van der Waals surface area contributed by atoms with Crippen molar-refractivity contribution in [3.8, 4) is 5.69 Å². The molecule has 0 bridgehead atoms. The van der Waals surface area contributed by atoms with Crippen LogP contribution in [-0.4, -0.2) is 29.3 Å². The number of para-hydroxylation sites is 2. The SMILES string of the molecule is CN=C(NCCc1cnn(-c2ccccc2)c1)NCc1oc2ccccc2c1C. The fourth-order valence-corrected chi connectivity index (χ4v) is 3.31. The van der Waals surface area contributed by atoms with Gasteiger partial charge in [0.25, 0.3) is 0 Å². The van der Waals surface area contributed by atoms with Gasteiger partial charge in [-0.1, -0.05) is 36.4 Å². The van der Waals surface area contributed by atoms with E-state index in [-0.39, 0.29) is 0 Å². The molecule has 0 fully saturated rings. The molecule has 2 aromatic carbocycles. The minimum Gasteiger partial charge on any atom is -0.459 e. The molecule has 0 aliphatic carbocycles. The van der Waals surface area contributed by atoms with Gasteiger partial charge in [-0.2, -0.15) is 5.10 Å². The van der Waals surface area contributed by atoms with E-state index in [0.29, 0.717) is 6.54 Å². The van der Waals surface area contributed by atoms with Crippen molar-refractivity contribution in [2.45, 2.75) is 19.9 Å². The van der Waals surface area contributed by atoms with Crippen molar-refractivity contribution < 1.29 is 4.42 Å². The molecule has 6 nitrogen and oxygen atoms in total. The lowest BCUT2D eigenvalue weighted by molar-refractivity contribution is 0.534. The first-order chi connectivity index (χ1) is 14.2. The summed E-state index contributed by atoms with van der Waals surface area (Å²) in [5.41, 5.74) is 4.31. The molecule has 2 aromatic heterocycles. The molecule has 6 heteroatoms. The lowest BCUT2D eigenvalue weighted by Gasteiger charge is -2.10. The summed E-state index contributed by atoms with van der Waals surface area (Å²) in [5.74, 6) is 1.68. The van der Waals surface area contributed by atoms with E-state index in [4.69, 9.17) is 4.42 Å². The van der Waals surface area contributed by atoms with Crippen LogP contribution in [0.25, 0.3) is 16.7 Å². The molecular weight excluding hydrogens is 362 g/mol. The Morgan fingerprint density at radius 1 is 1.07 bits per heavy atom. The highest BCUT2D eigenvalue weighted by Crippen LogP contribution is 2.24. The van der Waals surface area contributed by atoms with Crippen LogP contribution in [0.4, 0.5) is 0 Å². The molecule has 0 amide bonds. The van der Waals surface area contributed by atoms with Crippen LogP contribution in [0, 0.1) is 6.92 Å². The van der Waals surface area contributed by atoms with Crippen LogP contribution in [0.5, 0.6) is 0 Å². The van der Waals surface area contributed by atoms with Crippen molar-refractivity contribution in [3.05, 3.63) is 83.9 Å². The molecule has 0 unspecified atom stereocenters. The van der Waals surface area contributed by atoms with E-state index >= 15 is 0 Å². The minimum absolute atomic E-state index is 0.589. The summed E-state index contributed by atoms with van der Waals surface area (Å²) in [6.45, 7) is 3.44. The summed E-state index contributed by atoms with van der Waals surface area (Å²) in [5, 5.41) is 12.3. The molecule has 4 rings (SSSR count). The van der Waals surface area contributed by atoms with Crippen LogP contribution in [-0.2, 0) is 13.0 Å². The summed E-state index contributed by atoms with van der Waals surface area (Å²) in [4.78, 5) is 4.30. The van der Waals surface area contributed by atoms with Crippen LogP contribution >= 0.6 is 0 Å². The first-order valence-electron chi connectivity index (χ1n) is 9.75. The third-order valence-electron chi connectivity index (χ3n) is 4.95. The second-order valence-electron chi connectivity index (χ2n) is 6.88. The third-order valence-corrected chi connectivity index (χ3v) is 4.95. The second-order valence-corrected chi connectivity index (χ2v) is 6.88. The summed E-state index contributed by atoms with van der Waals surface area (Å²) in [6, 6.07) is 18.2. The Balaban J connectivity index is 1.30. The van der Waals surface area contributed by atoms with Gasteiger partial charge in [0.05, 0.1) is 18.4 Å². The fraction of sp³-hybridized carbons (Fsp3) is 0.217. The predicted molar refractivity (Wildman–Crippen MR) is 116 cm³/mol. The zero-order chi connectivity index (χ0) is 20.1. The Bertz CT molecular complexity index is 1110. The number of benzene rings is 2. The molecule has 148 valence electrons. The molecule has 4 aromatic rings. The number of guanidine groups is 1. The van der Waals surface area contributed by atoms with E-state index < -0.39 is 0 Å². The van der Waals surface area contributed by atoms with E-state index in [0.717, 1.165) is 46.9 Å². The number of aryl methyl sites for hydroxylation is 1. The van der Waals surface area contributed by atoms with Gasteiger partial charge in [-0.05, 0) is 37.1 Å². The standard InChI is InChI=1S/C23H25N5O/c1-17-20-10-6-7-11-21(20)29-22(17)15-26-23(24-2)25-13-12-18-14-27-28(16-18)19-8-4-3-5-9-19/h3-11,14,16H,12-13,15H2,1-2H3,(H2,24,25,26). The Labute approximate surface area is 170 Å². The molecule has 2 heterocycles. The van der Waals surface area contributed by atoms with Crippen molar-refractivity contribution in [2.75, 3.05) is 13.6 Å². The molecule has 0 spiro atoms. The fourth-order valence-electron chi connectivity index (χ4n) is 3.31. The lowest BCUT2D eigenvalue weighted by atomic mass is 10.1. The van der Waals surface area contributed by atoms with Crippen molar-refractivity contribution in [2.24, 2.45) is 4.99 Å². The molecule has 0 aliphatic heterocycles. The van der Waals surface area contributed by atoms with E-state index in [1.165, 1.54) is 5.56 Å². The van der Waals surface area contributed by atoms with Crippen LogP contribution in [0.15, 0.2) is 76.4 Å².